The molecule has 21 heavy (non-hydrogen) atoms. The summed E-state index contributed by atoms with van der Waals surface area (Å²) in [5.41, 5.74) is 0. The Morgan fingerprint density at radius 3 is 1.90 bits per heavy atom. The monoisotopic (exact) mass is 324 g/mol. The van der Waals surface area contributed by atoms with Crippen LogP contribution in [0.25, 0.3) is 0 Å². The number of rotatable bonds is 12. The van der Waals surface area contributed by atoms with E-state index in [1.54, 1.807) is 0 Å². The quantitative estimate of drug-likeness (QED) is 0.498. The Hall–Kier alpha value is -0.700. The summed E-state index contributed by atoms with van der Waals surface area (Å²) in [5.74, 6) is -0.426. The van der Waals surface area contributed by atoms with Gasteiger partial charge in [0.05, 0.1) is 20.1 Å². The van der Waals surface area contributed by atoms with Crippen molar-refractivity contribution >= 4 is 16.2 Å². The van der Waals surface area contributed by atoms with Gasteiger partial charge in [-0.3, -0.25) is 4.79 Å². The predicted molar refractivity (Wildman–Crippen MR) is 81.2 cm³/mol. The minimum atomic E-state index is -3.58. The molecule has 0 aliphatic heterocycles. The summed E-state index contributed by atoms with van der Waals surface area (Å²) in [6.45, 7) is 5.42. The zero-order valence-electron chi connectivity index (χ0n) is 13.5. The average Bonchev–Trinajstić information content (AvgIpc) is 2.46. The molecule has 0 aromatic rings. The molecular formula is C13H28N2O5S. The van der Waals surface area contributed by atoms with E-state index in [-0.39, 0.29) is 26.1 Å². The van der Waals surface area contributed by atoms with Gasteiger partial charge in [0.15, 0.2) is 0 Å². The number of methoxy groups -OCH3 is 2. The first kappa shape index (κ1) is 20.3. The fourth-order valence-electron chi connectivity index (χ4n) is 1.86. The molecule has 0 aliphatic carbocycles. The van der Waals surface area contributed by atoms with Gasteiger partial charge >= 0.3 is 5.97 Å². The maximum absolute atomic E-state index is 12.7. The number of hydrogen-bond acceptors (Lipinski definition) is 5. The molecular weight excluding hydrogens is 296 g/mol. The average molecular weight is 324 g/mol. The summed E-state index contributed by atoms with van der Waals surface area (Å²) in [4.78, 5) is 11.2. The van der Waals surface area contributed by atoms with Crippen molar-refractivity contribution in [3.63, 3.8) is 0 Å². The van der Waals surface area contributed by atoms with Crippen molar-refractivity contribution in [3.8, 4) is 0 Å². The second kappa shape index (κ2) is 10.9. The smallest absolute Gasteiger partial charge is 0.306 e. The SMILES string of the molecule is CCCN(CCC)S(=O)(=O)N(CCOC)CCC(=O)OC. The molecule has 0 unspecified atom stereocenters. The van der Waals surface area contributed by atoms with Crippen LogP contribution in [0.5, 0.6) is 0 Å². The summed E-state index contributed by atoms with van der Waals surface area (Å²) in [5, 5.41) is 0. The molecule has 8 heteroatoms. The fraction of sp³-hybridized carbons (Fsp3) is 0.923. The van der Waals surface area contributed by atoms with Gasteiger partial charge in [-0.2, -0.15) is 17.0 Å². The van der Waals surface area contributed by atoms with E-state index in [0.29, 0.717) is 13.1 Å². The van der Waals surface area contributed by atoms with Gasteiger partial charge in [0.25, 0.3) is 10.2 Å². The highest BCUT2D eigenvalue weighted by atomic mass is 32.2. The molecule has 0 heterocycles. The van der Waals surface area contributed by atoms with E-state index in [0.717, 1.165) is 12.8 Å². The molecule has 0 aromatic heterocycles. The molecule has 0 N–H and O–H groups in total. The summed E-state index contributed by atoms with van der Waals surface area (Å²) < 4.78 is 37.6. The number of hydrogen-bond donors (Lipinski definition) is 0. The molecule has 0 fully saturated rings. The third-order valence-corrected chi connectivity index (χ3v) is 4.97. The largest absolute Gasteiger partial charge is 0.469 e. The molecule has 0 radical (unpaired) electrons. The van der Waals surface area contributed by atoms with Crippen LogP contribution in [0, 0.1) is 0 Å². The lowest BCUT2D eigenvalue weighted by Crippen LogP contribution is -2.46. The standard InChI is InChI=1S/C13H28N2O5S/c1-5-8-14(9-6-2)21(17,18)15(11-12-19-3)10-7-13(16)20-4/h5-12H2,1-4H3. The van der Waals surface area contributed by atoms with Crippen molar-refractivity contribution in [1.82, 2.24) is 8.61 Å². The topological polar surface area (TPSA) is 76.2 Å². The van der Waals surface area contributed by atoms with Crippen molar-refractivity contribution < 1.29 is 22.7 Å². The van der Waals surface area contributed by atoms with Gasteiger partial charge in [-0.1, -0.05) is 13.8 Å². The van der Waals surface area contributed by atoms with Crippen LogP contribution < -0.4 is 0 Å². The number of carbonyl (C=O) groups excluding carboxylic acids is 1. The minimum absolute atomic E-state index is 0.0333. The van der Waals surface area contributed by atoms with Gasteiger partial charge in [-0.05, 0) is 12.8 Å². The Labute approximate surface area is 128 Å². The molecule has 0 saturated carbocycles. The molecule has 126 valence electrons. The highest BCUT2D eigenvalue weighted by molar-refractivity contribution is 7.86. The van der Waals surface area contributed by atoms with Gasteiger partial charge in [0.1, 0.15) is 0 Å². The first-order chi connectivity index (χ1) is 9.93. The molecule has 7 nitrogen and oxygen atoms in total. The number of nitrogens with zero attached hydrogens (tertiary/aromatic N) is 2. The Kier molecular flexibility index (Phi) is 10.6. The molecule has 0 atom stereocenters. The second-order valence-corrected chi connectivity index (χ2v) is 6.55. The highest BCUT2D eigenvalue weighted by Gasteiger charge is 2.28. The highest BCUT2D eigenvalue weighted by Crippen LogP contribution is 2.11. The van der Waals surface area contributed by atoms with E-state index in [9.17, 15) is 13.2 Å². The molecule has 0 rings (SSSR count). The van der Waals surface area contributed by atoms with Crippen LogP contribution in [0.2, 0.25) is 0 Å². The van der Waals surface area contributed by atoms with Gasteiger partial charge in [0.2, 0.25) is 0 Å². The molecule has 0 spiro atoms. The van der Waals surface area contributed by atoms with Crippen molar-refractivity contribution in [2.45, 2.75) is 33.1 Å². The second-order valence-electron chi connectivity index (χ2n) is 4.62. The lowest BCUT2D eigenvalue weighted by Gasteiger charge is -2.29. The Morgan fingerprint density at radius 1 is 0.952 bits per heavy atom. The van der Waals surface area contributed by atoms with Gasteiger partial charge in [-0.15, -0.1) is 0 Å². The van der Waals surface area contributed by atoms with Gasteiger partial charge in [-0.25, -0.2) is 0 Å². The van der Waals surface area contributed by atoms with Crippen molar-refractivity contribution in [1.29, 1.82) is 0 Å². The van der Waals surface area contributed by atoms with Crippen molar-refractivity contribution in [2.75, 3.05) is 47.0 Å². The maximum Gasteiger partial charge on any atom is 0.306 e. The molecule has 0 aliphatic rings. The van der Waals surface area contributed by atoms with Gasteiger partial charge in [0, 0.05) is 33.3 Å². The number of carbonyl (C=O) groups is 1. The zero-order chi connectivity index (χ0) is 16.3. The number of ether oxygens (including phenoxy) is 2. The zero-order valence-corrected chi connectivity index (χ0v) is 14.3. The van der Waals surface area contributed by atoms with E-state index in [1.807, 2.05) is 13.8 Å². The molecule has 0 amide bonds. The molecule has 0 saturated heterocycles. The van der Waals surface area contributed by atoms with Crippen LogP contribution in [-0.4, -0.2) is 70.0 Å². The number of esters is 1. The van der Waals surface area contributed by atoms with Crippen LogP contribution in [0.4, 0.5) is 0 Å². The van der Waals surface area contributed by atoms with Crippen LogP contribution >= 0.6 is 0 Å². The minimum Gasteiger partial charge on any atom is -0.469 e. The Bertz CT molecular complexity index is 380. The Morgan fingerprint density at radius 2 is 1.48 bits per heavy atom. The molecule has 0 bridgehead atoms. The van der Waals surface area contributed by atoms with E-state index >= 15 is 0 Å². The van der Waals surface area contributed by atoms with E-state index < -0.39 is 16.2 Å². The predicted octanol–water partition coefficient (Wildman–Crippen LogP) is 0.865. The van der Waals surface area contributed by atoms with Crippen LogP contribution in [0.15, 0.2) is 0 Å². The van der Waals surface area contributed by atoms with Crippen molar-refractivity contribution in [3.05, 3.63) is 0 Å². The lowest BCUT2D eigenvalue weighted by atomic mass is 10.4. The lowest BCUT2D eigenvalue weighted by molar-refractivity contribution is -0.140. The third kappa shape index (κ3) is 7.21. The summed E-state index contributed by atoms with van der Waals surface area (Å²) in [6, 6.07) is 0. The van der Waals surface area contributed by atoms with Crippen LogP contribution in [0.3, 0.4) is 0 Å². The summed E-state index contributed by atoms with van der Waals surface area (Å²) >= 11 is 0. The van der Waals surface area contributed by atoms with Gasteiger partial charge < -0.3 is 9.47 Å². The first-order valence-electron chi connectivity index (χ1n) is 7.24. The third-order valence-electron chi connectivity index (χ3n) is 2.94. The summed E-state index contributed by atoms with van der Waals surface area (Å²) in [7, 11) is -0.781. The van der Waals surface area contributed by atoms with Crippen LogP contribution in [0.1, 0.15) is 33.1 Å². The maximum atomic E-state index is 12.7. The first-order valence-corrected chi connectivity index (χ1v) is 8.64. The fourth-order valence-corrected chi connectivity index (χ4v) is 3.64. The van der Waals surface area contributed by atoms with Crippen molar-refractivity contribution in [2.24, 2.45) is 0 Å². The van der Waals surface area contributed by atoms with E-state index in [4.69, 9.17) is 4.74 Å². The Balaban J connectivity index is 5.00. The van der Waals surface area contributed by atoms with E-state index in [1.165, 1.54) is 22.8 Å². The summed E-state index contributed by atoms with van der Waals surface area (Å²) in [6.07, 6.45) is 1.52. The normalized spacial score (nSPS) is 12.1. The van der Waals surface area contributed by atoms with E-state index in [2.05, 4.69) is 4.74 Å². The molecule has 0 aromatic carbocycles. The van der Waals surface area contributed by atoms with Crippen LogP contribution in [-0.2, 0) is 24.5 Å².